The Morgan fingerprint density at radius 3 is 2.73 bits per heavy atom. The van der Waals surface area contributed by atoms with Gasteiger partial charge in [0, 0.05) is 18.0 Å². The van der Waals surface area contributed by atoms with Gasteiger partial charge >= 0.3 is 6.09 Å². The molecule has 1 aromatic rings. The van der Waals surface area contributed by atoms with E-state index in [1.807, 2.05) is 12.3 Å². The molecule has 0 fully saturated rings. The molecule has 0 atom stereocenters. The monoisotopic (exact) mass is 207 g/mol. The van der Waals surface area contributed by atoms with Gasteiger partial charge in [0.15, 0.2) is 0 Å². The average Bonchev–Trinajstić information content (AvgIpc) is 2.25. The third kappa shape index (κ3) is 3.76. The van der Waals surface area contributed by atoms with Crippen molar-refractivity contribution in [1.29, 1.82) is 0 Å². The fourth-order valence-electron chi connectivity index (χ4n) is 1.16. The highest BCUT2D eigenvalue weighted by molar-refractivity contribution is 6.00. The third-order valence-corrected chi connectivity index (χ3v) is 1.79. The van der Waals surface area contributed by atoms with E-state index in [-0.39, 0.29) is 0 Å². The zero-order valence-corrected chi connectivity index (χ0v) is 8.47. The van der Waals surface area contributed by atoms with Gasteiger partial charge in [-0.3, -0.25) is 4.98 Å². The van der Waals surface area contributed by atoms with E-state index in [1.54, 1.807) is 24.5 Å². The number of carboxylic acid groups (broad SMARTS) is 1. The van der Waals surface area contributed by atoms with Gasteiger partial charge < -0.3 is 5.11 Å². The molecule has 2 N–H and O–H groups in total. The van der Waals surface area contributed by atoms with Crippen LogP contribution in [-0.4, -0.2) is 21.9 Å². The highest BCUT2D eigenvalue weighted by Crippen LogP contribution is 2.04. The summed E-state index contributed by atoms with van der Waals surface area (Å²) in [6, 6.07) is 3.61. The summed E-state index contributed by atoms with van der Waals surface area (Å²) in [5, 5.41) is 12.3. The lowest BCUT2D eigenvalue weighted by atomic mass is 10.1. The maximum atomic E-state index is 10.3. The fourth-order valence-corrected chi connectivity index (χ4v) is 1.16. The number of carbonyl (C=O) groups is 1. The summed E-state index contributed by atoms with van der Waals surface area (Å²) in [5.74, 6) is 0. The smallest absolute Gasteiger partial charge is 0.425 e. The van der Waals surface area contributed by atoms with E-state index in [0.29, 0.717) is 0 Å². The molecule has 0 aromatic carbocycles. The van der Waals surface area contributed by atoms with Crippen LogP contribution in [0.4, 0.5) is 4.79 Å². The van der Waals surface area contributed by atoms with Crippen LogP contribution in [0, 0.1) is 0 Å². The number of amides is 1. The molecular formula is C10H13N3O2. The summed E-state index contributed by atoms with van der Waals surface area (Å²) >= 11 is 0. The molecule has 1 aromatic heterocycles. The van der Waals surface area contributed by atoms with Gasteiger partial charge in [0.05, 0.1) is 5.71 Å². The number of hydrazone groups is 1. The molecule has 0 bridgehead atoms. The van der Waals surface area contributed by atoms with E-state index >= 15 is 0 Å². The molecule has 0 aliphatic rings. The van der Waals surface area contributed by atoms with Gasteiger partial charge in [0.1, 0.15) is 0 Å². The Balaban J connectivity index is 2.83. The number of hydrogen-bond donors (Lipinski definition) is 2. The zero-order chi connectivity index (χ0) is 11.1. The van der Waals surface area contributed by atoms with Gasteiger partial charge in [-0.25, -0.2) is 10.2 Å². The summed E-state index contributed by atoms with van der Waals surface area (Å²) < 4.78 is 0. The summed E-state index contributed by atoms with van der Waals surface area (Å²) in [5.41, 5.74) is 3.63. The zero-order valence-electron chi connectivity index (χ0n) is 8.47. The predicted octanol–water partition coefficient (Wildman–Crippen LogP) is 1.85. The third-order valence-electron chi connectivity index (χ3n) is 1.79. The van der Waals surface area contributed by atoms with E-state index in [0.717, 1.165) is 24.1 Å². The first-order chi connectivity index (χ1) is 7.24. The highest BCUT2D eigenvalue weighted by atomic mass is 16.4. The largest absolute Gasteiger partial charge is 0.464 e. The molecule has 0 aliphatic heterocycles. The lowest BCUT2D eigenvalue weighted by Gasteiger charge is -2.04. The van der Waals surface area contributed by atoms with Crippen molar-refractivity contribution in [3.63, 3.8) is 0 Å². The topological polar surface area (TPSA) is 74.6 Å². The molecular weight excluding hydrogens is 194 g/mol. The van der Waals surface area contributed by atoms with Gasteiger partial charge in [-0.15, -0.1) is 0 Å². The molecule has 5 nitrogen and oxygen atoms in total. The Bertz CT molecular complexity index is 349. The quantitative estimate of drug-likeness (QED) is 0.584. The molecule has 0 aliphatic carbocycles. The first kappa shape index (κ1) is 11.2. The molecule has 0 unspecified atom stereocenters. The number of nitrogens with one attached hydrogen (secondary N) is 1. The molecule has 80 valence electrons. The Kier molecular flexibility index (Phi) is 4.28. The number of aromatic nitrogens is 1. The first-order valence-corrected chi connectivity index (χ1v) is 4.70. The molecule has 1 rings (SSSR count). The summed E-state index contributed by atoms with van der Waals surface area (Å²) in [6.07, 6.45) is 3.78. The van der Waals surface area contributed by atoms with Crippen molar-refractivity contribution in [3.8, 4) is 0 Å². The lowest BCUT2D eigenvalue weighted by molar-refractivity contribution is 0.195. The van der Waals surface area contributed by atoms with E-state index < -0.39 is 6.09 Å². The minimum Gasteiger partial charge on any atom is -0.464 e. The Morgan fingerprint density at radius 1 is 1.53 bits per heavy atom. The van der Waals surface area contributed by atoms with Gasteiger partial charge in [-0.05, 0) is 18.6 Å². The van der Waals surface area contributed by atoms with E-state index in [2.05, 4.69) is 10.1 Å². The van der Waals surface area contributed by atoms with Crippen LogP contribution in [-0.2, 0) is 0 Å². The van der Waals surface area contributed by atoms with Crippen LogP contribution < -0.4 is 5.43 Å². The summed E-state index contributed by atoms with van der Waals surface area (Å²) in [4.78, 5) is 14.2. The number of pyridine rings is 1. The van der Waals surface area contributed by atoms with Crippen molar-refractivity contribution in [2.45, 2.75) is 19.8 Å². The SMILES string of the molecule is CCCC(=NNC(=O)O)c1ccncc1. The molecule has 1 heterocycles. The lowest BCUT2D eigenvalue weighted by Crippen LogP contribution is -2.17. The molecule has 15 heavy (non-hydrogen) atoms. The predicted molar refractivity (Wildman–Crippen MR) is 56.8 cm³/mol. The van der Waals surface area contributed by atoms with Crippen molar-refractivity contribution in [1.82, 2.24) is 10.4 Å². The van der Waals surface area contributed by atoms with E-state index in [1.165, 1.54) is 0 Å². The highest BCUT2D eigenvalue weighted by Gasteiger charge is 2.02. The minimum atomic E-state index is -1.15. The van der Waals surface area contributed by atoms with Crippen LogP contribution in [0.15, 0.2) is 29.6 Å². The molecule has 0 saturated carbocycles. The molecule has 0 radical (unpaired) electrons. The second-order valence-electron chi connectivity index (χ2n) is 2.96. The normalized spacial score (nSPS) is 11.1. The molecule has 0 saturated heterocycles. The average molecular weight is 207 g/mol. The number of nitrogens with zero attached hydrogens (tertiary/aromatic N) is 2. The van der Waals surface area contributed by atoms with Crippen molar-refractivity contribution >= 4 is 11.8 Å². The Hall–Kier alpha value is -1.91. The maximum absolute atomic E-state index is 10.3. The van der Waals surface area contributed by atoms with Gasteiger partial charge in [-0.1, -0.05) is 13.3 Å². The second-order valence-corrected chi connectivity index (χ2v) is 2.96. The van der Waals surface area contributed by atoms with Gasteiger partial charge in [-0.2, -0.15) is 5.10 Å². The van der Waals surface area contributed by atoms with Gasteiger partial charge in [0.2, 0.25) is 0 Å². The first-order valence-electron chi connectivity index (χ1n) is 4.70. The standard InChI is InChI=1S/C10H13N3O2/c1-2-3-9(12-13-10(14)15)8-4-6-11-7-5-8/h4-7,13H,2-3H2,1H3,(H,14,15). The number of rotatable bonds is 4. The maximum Gasteiger partial charge on any atom is 0.425 e. The minimum absolute atomic E-state index is 0.724. The summed E-state index contributed by atoms with van der Waals surface area (Å²) in [7, 11) is 0. The Morgan fingerprint density at radius 2 is 2.20 bits per heavy atom. The van der Waals surface area contributed by atoms with Crippen LogP contribution in [0.25, 0.3) is 0 Å². The number of hydrogen-bond acceptors (Lipinski definition) is 3. The van der Waals surface area contributed by atoms with Crippen LogP contribution in [0.2, 0.25) is 0 Å². The van der Waals surface area contributed by atoms with Crippen molar-refractivity contribution in [2.24, 2.45) is 5.10 Å². The van der Waals surface area contributed by atoms with Crippen LogP contribution >= 0.6 is 0 Å². The Labute approximate surface area is 87.8 Å². The van der Waals surface area contributed by atoms with E-state index in [4.69, 9.17) is 5.11 Å². The summed E-state index contributed by atoms with van der Waals surface area (Å²) in [6.45, 7) is 2.01. The molecule has 5 heteroatoms. The fraction of sp³-hybridized carbons (Fsp3) is 0.300. The van der Waals surface area contributed by atoms with Crippen molar-refractivity contribution in [2.75, 3.05) is 0 Å². The second kappa shape index (κ2) is 5.74. The van der Waals surface area contributed by atoms with Crippen molar-refractivity contribution < 1.29 is 9.90 Å². The van der Waals surface area contributed by atoms with Crippen molar-refractivity contribution in [3.05, 3.63) is 30.1 Å². The van der Waals surface area contributed by atoms with Gasteiger partial charge in [0.25, 0.3) is 0 Å². The van der Waals surface area contributed by atoms with Crippen LogP contribution in [0.5, 0.6) is 0 Å². The van der Waals surface area contributed by atoms with E-state index in [9.17, 15) is 4.79 Å². The molecule has 0 spiro atoms. The van der Waals surface area contributed by atoms with Crippen LogP contribution in [0.1, 0.15) is 25.3 Å². The van der Waals surface area contributed by atoms with Crippen LogP contribution in [0.3, 0.4) is 0 Å². The molecule has 1 amide bonds.